The lowest BCUT2D eigenvalue weighted by atomic mass is 10.0. The van der Waals surface area contributed by atoms with Crippen molar-refractivity contribution in [3.63, 3.8) is 0 Å². The van der Waals surface area contributed by atoms with Gasteiger partial charge in [-0.2, -0.15) is 0 Å². The van der Waals surface area contributed by atoms with E-state index in [1.807, 2.05) is 62.5 Å². The zero-order chi connectivity index (χ0) is 29.6. The highest BCUT2D eigenvalue weighted by Crippen LogP contribution is 2.45. The minimum absolute atomic E-state index is 0.0827. The molecule has 0 saturated carbocycles. The Bertz CT molecular complexity index is 1540. The van der Waals surface area contributed by atoms with Gasteiger partial charge in [0, 0.05) is 48.5 Å². The van der Waals surface area contributed by atoms with Gasteiger partial charge in [0.2, 0.25) is 0 Å². The van der Waals surface area contributed by atoms with E-state index in [9.17, 15) is 9.59 Å². The molecule has 2 aromatic rings. The summed E-state index contributed by atoms with van der Waals surface area (Å²) in [6.45, 7) is 6.72. The Balaban J connectivity index is 0.000000181. The van der Waals surface area contributed by atoms with Crippen LogP contribution in [0.3, 0.4) is 0 Å². The lowest BCUT2D eigenvalue weighted by Gasteiger charge is -2.17. The molecule has 0 bridgehead atoms. The third-order valence-electron chi connectivity index (χ3n) is 6.95. The number of thiocarbonyl (C=S) groups is 1. The number of ether oxygens (including phenoxy) is 1. The van der Waals surface area contributed by atoms with E-state index in [1.54, 1.807) is 29.6 Å². The van der Waals surface area contributed by atoms with Crippen LogP contribution in [0.2, 0.25) is 0 Å². The maximum atomic E-state index is 12.3. The Morgan fingerprint density at radius 3 is 2.33 bits per heavy atom. The molecule has 0 unspecified atom stereocenters. The van der Waals surface area contributed by atoms with E-state index in [2.05, 4.69) is 46.0 Å². The number of allylic oxidation sites excluding steroid dienone is 4. The molecule has 6 rings (SSSR count). The molecule has 0 aromatic heterocycles. The minimum atomic E-state index is -0.153. The fourth-order valence-electron chi connectivity index (χ4n) is 4.74. The molecule has 0 N–H and O–H groups in total. The van der Waals surface area contributed by atoms with E-state index in [-0.39, 0.29) is 23.4 Å². The van der Waals surface area contributed by atoms with Crippen molar-refractivity contribution in [3.8, 4) is 0 Å². The van der Waals surface area contributed by atoms with Crippen LogP contribution >= 0.6 is 35.7 Å². The van der Waals surface area contributed by atoms with Crippen LogP contribution in [0.1, 0.15) is 19.4 Å². The molecular weight excluding hydrogens is 585 g/mol. The van der Waals surface area contributed by atoms with Gasteiger partial charge >= 0.3 is 0 Å². The Kier molecular flexibility index (Phi) is 9.66. The summed E-state index contributed by atoms with van der Waals surface area (Å²) >= 11 is 8.48. The SMILES string of the molecule is CCN1C(=CC=C2C(=O)CN=C2c2ccccc2)Sc2ccccc21.CCN1C(=O)C(=CC=C2SCCN2C)OC1=S. The number of nitrogens with zero attached hydrogens (tertiary/aromatic N) is 4. The van der Waals surface area contributed by atoms with Crippen molar-refractivity contribution in [1.82, 2.24) is 9.80 Å². The number of rotatable bonds is 5. The van der Waals surface area contributed by atoms with Crippen molar-refractivity contribution in [3.05, 3.63) is 106 Å². The molecule has 42 heavy (non-hydrogen) atoms. The average Bonchev–Trinajstić information content (AvgIpc) is 3.75. The predicted molar refractivity (Wildman–Crippen MR) is 177 cm³/mol. The summed E-state index contributed by atoms with van der Waals surface area (Å²) in [4.78, 5) is 35.7. The number of benzene rings is 2. The largest absolute Gasteiger partial charge is 0.426 e. The predicted octanol–water partition coefficient (Wildman–Crippen LogP) is 6.01. The first-order chi connectivity index (χ1) is 20.4. The van der Waals surface area contributed by atoms with Gasteiger partial charge in [-0.1, -0.05) is 54.2 Å². The first-order valence-corrected chi connectivity index (χ1v) is 16.0. The van der Waals surface area contributed by atoms with E-state index in [0.29, 0.717) is 17.9 Å². The number of carbonyl (C=O) groups is 2. The van der Waals surface area contributed by atoms with Crippen molar-refractivity contribution < 1.29 is 14.3 Å². The van der Waals surface area contributed by atoms with Gasteiger partial charge in [0.1, 0.15) is 6.54 Å². The first kappa shape index (κ1) is 29.9. The number of thioether (sulfide) groups is 2. The molecule has 7 nitrogen and oxygen atoms in total. The summed E-state index contributed by atoms with van der Waals surface area (Å²) in [5.41, 5.74) is 3.72. The van der Waals surface area contributed by atoms with Crippen LogP contribution in [0.5, 0.6) is 0 Å². The third kappa shape index (κ3) is 6.40. The van der Waals surface area contributed by atoms with Crippen LogP contribution in [-0.2, 0) is 14.3 Å². The fourth-order valence-corrected chi connectivity index (χ4v) is 7.22. The summed E-state index contributed by atoms with van der Waals surface area (Å²) in [5.74, 6) is 1.32. The summed E-state index contributed by atoms with van der Waals surface area (Å²) in [5, 5.41) is 2.53. The van der Waals surface area contributed by atoms with Crippen molar-refractivity contribution in [2.75, 3.05) is 43.9 Å². The second-order valence-corrected chi connectivity index (χ2v) is 12.1. The highest BCUT2D eigenvalue weighted by Gasteiger charge is 2.31. The Morgan fingerprint density at radius 2 is 1.64 bits per heavy atom. The standard InChI is InChI=1S/C21H18N2OS.C11H14N2O2S2/c1-2-23-17-10-6-7-11-19(17)25-20(23)13-12-16-18(24)14-22-21(16)15-8-4-3-5-9-15;1-3-13-10(14)8(15-11(13)16)4-5-9-12(2)6-7-17-9/h3-13H,2,14H2,1H3;4-5H,3,6-7H2,1-2H3. The fraction of sp³-hybridized carbons (Fsp3) is 0.250. The number of likely N-dealkylation sites (N-methyl/N-ethyl adjacent to an activating group) is 1. The minimum Gasteiger partial charge on any atom is -0.426 e. The van der Waals surface area contributed by atoms with Crippen molar-refractivity contribution in [2.45, 2.75) is 18.7 Å². The molecule has 4 aliphatic rings. The summed E-state index contributed by atoms with van der Waals surface area (Å²) in [6.07, 6.45) is 7.59. The topological polar surface area (TPSA) is 65.5 Å². The van der Waals surface area contributed by atoms with Crippen LogP contribution in [0.15, 0.2) is 110 Å². The number of hydrogen-bond donors (Lipinski definition) is 0. The molecule has 0 aliphatic carbocycles. The summed E-state index contributed by atoms with van der Waals surface area (Å²) in [6, 6.07) is 18.3. The summed E-state index contributed by atoms with van der Waals surface area (Å²) < 4.78 is 5.27. The number of carbonyl (C=O) groups excluding carboxylic acids is 2. The van der Waals surface area contributed by atoms with E-state index in [1.165, 1.54) is 15.5 Å². The second kappa shape index (κ2) is 13.6. The van der Waals surface area contributed by atoms with Crippen molar-refractivity contribution in [2.24, 2.45) is 4.99 Å². The Labute approximate surface area is 260 Å². The lowest BCUT2D eigenvalue weighted by molar-refractivity contribution is -0.122. The Morgan fingerprint density at radius 1 is 0.929 bits per heavy atom. The maximum absolute atomic E-state index is 12.3. The normalized spacial score (nSPS) is 21.9. The Hall–Kier alpha value is -3.60. The first-order valence-electron chi connectivity index (χ1n) is 13.8. The third-order valence-corrected chi connectivity index (χ3v) is 9.51. The zero-order valence-electron chi connectivity index (χ0n) is 23.8. The lowest BCUT2D eigenvalue weighted by Crippen LogP contribution is -2.27. The zero-order valence-corrected chi connectivity index (χ0v) is 26.2. The van der Waals surface area contributed by atoms with Crippen LogP contribution < -0.4 is 4.90 Å². The number of fused-ring (bicyclic) bond motifs is 1. The average molecular weight is 617 g/mol. The van der Waals surface area contributed by atoms with E-state index >= 15 is 0 Å². The number of amides is 1. The molecule has 1 amide bonds. The van der Waals surface area contributed by atoms with E-state index in [0.717, 1.165) is 40.2 Å². The number of para-hydroxylation sites is 1. The smallest absolute Gasteiger partial charge is 0.297 e. The van der Waals surface area contributed by atoms with Gasteiger partial charge in [-0.05, 0) is 62.5 Å². The molecule has 2 saturated heterocycles. The molecule has 0 spiro atoms. The highest BCUT2D eigenvalue weighted by atomic mass is 32.2. The number of hydrogen-bond acceptors (Lipinski definition) is 9. The molecule has 2 fully saturated rings. The van der Waals surface area contributed by atoms with Gasteiger partial charge in [0.05, 0.1) is 21.5 Å². The number of anilines is 1. The van der Waals surface area contributed by atoms with Crippen molar-refractivity contribution in [1.29, 1.82) is 0 Å². The van der Waals surface area contributed by atoms with Gasteiger partial charge < -0.3 is 14.5 Å². The van der Waals surface area contributed by atoms with Crippen LogP contribution in [0.25, 0.3) is 0 Å². The van der Waals surface area contributed by atoms with E-state index in [4.69, 9.17) is 17.0 Å². The van der Waals surface area contributed by atoms with Gasteiger partial charge in [0.15, 0.2) is 11.5 Å². The van der Waals surface area contributed by atoms with Crippen LogP contribution in [-0.4, -0.2) is 71.4 Å². The molecule has 10 heteroatoms. The van der Waals surface area contributed by atoms with Gasteiger partial charge in [-0.15, -0.1) is 11.8 Å². The second-order valence-electron chi connectivity index (χ2n) is 9.58. The van der Waals surface area contributed by atoms with E-state index < -0.39 is 0 Å². The molecule has 0 radical (unpaired) electrons. The number of aliphatic imine (C=N–C) groups is 1. The monoisotopic (exact) mass is 616 g/mol. The number of ketones is 1. The van der Waals surface area contributed by atoms with Crippen LogP contribution in [0, 0.1) is 0 Å². The maximum Gasteiger partial charge on any atom is 0.297 e. The molecule has 2 aromatic carbocycles. The summed E-state index contributed by atoms with van der Waals surface area (Å²) in [7, 11) is 2.03. The van der Waals surface area contributed by atoms with Gasteiger partial charge in [-0.3, -0.25) is 19.5 Å². The molecular formula is C32H32N4O3S3. The molecule has 4 heterocycles. The number of Topliss-reactive ketones (excluding diaryl/α,β-unsaturated/α-hetero) is 1. The van der Waals surface area contributed by atoms with Gasteiger partial charge in [0.25, 0.3) is 11.1 Å². The molecule has 216 valence electrons. The highest BCUT2D eigenvalue weighted by molar-refractivity contribution is 8.03. The molecule has 0 atom stereocenters. The van der Waals surface area contributed by atoms with Crippen LogP contribution in [0.4, 0.5) is 5.69 Å². The van der Waals surface area contributed by atoms with Gasteiger partial charge in [-0.25, -0.2) is 0 Å². The molecule has 4 aliphatic heterocycles. The quantitative estimate of drug-likeness (QED) is 0.299. The van der Waals surface area contributed by atoms with Crippen molar-refractivity contribution >= 4 is 64.0 Å².